The Balaban J connectivity index is 1.45. The summed E-state index contributed by atoms with van der Waals surface area (Å²) in [5.74, 6) is -0.0421. The van der Waals surface area contributed by atoms with E-state index in [1.54, 1.807) is 41.3 Å². The molecular formula is C21H20N6O2. The summed E-state index contributed by atoms with van der Waals surface area (Å²) in [6.07, 6.45) is 6.91. The van der Waals surface area contributed by atoms with Gasteiger partial charge < -0.3 is 9.64 Å². The van der Waals surface area contributed by atoms with Gasteiger partial charge >= 0.3 is 0 Å². The number of carbonyl (C=O) groups is 1. The molecule has 4 aromatic heterocycles. The van der Waals surface area contributed by atoms with Crippen LogP contribution in [-0.2, 0) is 11.8 Å². The Labute approximate surface area is 167 Å². The summed E-state index contributed by atoms with van der Waals surface area (Å²) in [6, 6.07) is 11.7. The van der Waals surface area contributed by atoms with Gasteiger partial charge in [0.25, 0.3) is 5.91 Å². The maximum Gasteiger partial charge on any atom is 0.272 e. The second-order valence-corrected chi connectivity index (χ2v) is 6.99. The molecule has 29 heavy (non-hydrogen) atoms. The maximum absolute atomic E-state index is 12.8. The van der Waals surface area contributed by atoms with Gasteiger partial charge in [-0.15, -0.1) is 0 Å². The second kappa shape index (κ2) is 7.14. The van der Waals surface area contributed by atoms with Crippen LogP contribution < -0.4 is 0 Å². The third kappa shape index (κ3) is 3.17. The zero-order chi connectivity index (χ0) is 19.8. The molecule has 0 saturated carbocycles. The van der Waals surface area contributed by atoms with Crippen molar-refractivity contribution in [2.24, 2.45) is 7.05 Å². The first-order valence-corrected chi connectivity index (χ1v) is 9.48. The van der Waals surface area contributed by atoms with E-state index in [0.717, 1.165) is 22.6 Å². The Bertz CT molecular complexity index is 1170. The number of fused-ring (bicyclic) bond motifs is 1. The zero-order valence-corrected chi connectivity index (χ0v) is 16.0. The number of pyridine rings is 2. The van der Waals surface area contributed by atoms with Gasteiger partial charge in [0, 0.05) is 43.9 Å². The van der Waals surface area contributed by atoms with Crippen LogP contribution in [0.25, 0.3) is 16.9 Å². The SMILES string of the molecule is Cn1nccc1C(=O)N1CCO[C@@H](c2cn3c(-c4ccncc4)cccc3n2)C1. The summed E-state index contributed by atoms with van der Waals surface area (Å²) in [6.45, 7) is 1.48. The average Bonchev–Trinajstić information content (AvgIpc) is 3.40. The van der Waals surface area contributed by atoms with E-state index >= 15 is 0 Å². The fourth-order valence-electron chi connectivity index (χ4n) is 3.70. The van der Waals surface area contributed by atoms with Crippen LogP contribution in [0.1, 0.15) is 22.3 Å². The highest BCUT2D eigenvalue weighted by molar-refractivity contribution is 5.92. The fraction of sp³-hybridized carbons (Fsp3) is 0.238. The standard InChI is InChI=1S/C21H20N6O2/c1-25-18(7-10-23-25)21(28)26-11-12-29-19(14-26)16-13-27-17(3-2-4-20(27)24-16)15-5-8-22-9-6-15/h2-10,13,19H,11-12,14H2,1H3/t19-/m1/s1. The van der Waals surface area contributed by atoms with Gasteiger partial charge in [0.1, 0.15) is 17.4 Å². The van der Waals surface area contributed by atoms with E-state index in [-0.39, 0.29) is 12.0 Å². The van der Waals surface area contributed by atoms with Crippen molar-refractivity contribution >= 4 is 11.6 Å². The molecule has 0 N–H and O–H groups in total. The number of nitrogens with zero attached hydrogens (tertiary/aromatic N) is 6. The molecule has 1 fully saturated rings. The van der Waals surface area contributed by atoms with Gasteiger partial charge in [0.15, 0.2) is 0 Å². The first-order chi connectivity index (χ1) is 14.2. The summed E-state index contributed by atoms with van der Waals surface area (Å²) < 4.78 is 9.61. The number of rotatable bonds is 3. The Morgan fingerprint density at radius 3 is 2.79 bits per heavy atom. The highest BCUT2D eigenvalue weighted by atomic mass is 16.5. The van der Waals surface area contributed by atoms with Gasteiger partial charge in [-0.2, -0.15) is 5.10 Å². The van der Waals surface area contributed by atoms with Crippen LogP contribution in [0.2, 0.25) is 0 Å². The molecule has 0 bridgehead atoms. The number of carbonyl (C=O) groups excluding carboxylic acids is 1. The van der Waals surface area contributed by atoms with Crippen molar-refractivity contribution in [3.05, 3.63) is 72.6 Å². The molecule has 8 heteroatoms. The van der Waals surface area contributed by atoms with E-state index in [9.17, 15) is 4.79 Å². The number of amides is 1. The minimum absolute atomic E-state index is 0.0421. The van der Waals surface area contributed by atoms with Gasteiger partial charge in [-0.05, 0) is 30.3 Å². The van der Waals surface area contributed by atoms with Crippen LogP contribution in [-0.4, -0.2) is 54.7 Å². The first-order valence-electron chi connectivity index (χ1n) is 9.48. The predicted molar refractivity (Wildman–Crippen MR) is 106 cm³/mol. The number of hydrogen-bond acceptors (Lipinski definition) is 5. The Kier molecular flexibility index (Phi) is 4.33. The van der Waals surface area contributed by atoms with Gasteiger partial charge in [-0.25, -0.2) is 4.98 Å². The number of aryl methyl sites for hydroxylation is 1. The third-order valence-electron chi connectivity index (χ3n) is 5.21. The summed E-state index contributed by atoms with van der Waals surface area (Å²) in [5, 5.41) is 4.09. The Morgan fingerprint density at radius 2 is 2.00 bits per heavy atom. The van der Waals surface area contributed by atoms with E-state index in [0.29, 0.717) is 25.4 Å². The summed E-state index contributed by atoms with van der Waals surface area (Å²) in [7, 11) is 1.77. The number of morpholine rings is 1. The zero-order valence-electron chi connectivity index (χ0n) is 16.0. The number of hydrogen-bond donors (Lipinski definition) is 0. The summed E-state index contributed by atoms with van der Waals surface area (Å²) >= 11 is 0. The summed E-state index contributed by atoms with van der Waals surface area (Å²) in [5.41, 5.74) is 4.32. The van der Waals surface area contributed by atoms with E-state index in [2.05, 4.69) is 14.5 Å². The molecule has 5 heterocycles. The molecule has 0 spiro atoms. The monoisotopic (exact) mass is 388 g/mol. The smallest absolute Gasteiger partial charge is 0.272 e. The molecule has 4 aromatic rings. The van der Waals surface area contributed by atoms with Crippen molar-refractivity contribution in [1.29, 1.82) is 0 Å². The molecular weight excluding hydrogens is 368 g/mol. The highest BCUT2D eigenvalue weighted by Gasteiger charge is 2.29. The largest absolute Gasteiger partial charge is 0.368 e. The second-order valence-electron chi connectivity index (χ2n) is 6.99. The van der Waals surface area contributed by atoms with Gasteiger partial charge in [0.2, 0.25) is 0 Å². The molecule has 146 valence electrons. The van der Waals surface area contributed by atoms with Crippen LogP contribution in [0, 0.1) is 0 Å². The van der Waals surface area contributed by atoms with Crippen LogP contribution in [0.15, 0.2) is 61.2 Å². The normalized spacial score (nSPS) is 17.0. The summed E-state index contributed by atoms with van der Waals surface area (Å²) in [4.78, 5) is 23.5. The van der Waals surface area contributed by atoms with E-state index in [4.69, 9.17) is 9.72 Å². The molecule has 0 aromatic carbocycles. The lowest BCUT2D eigenvalue weighted by molar-refractivity contribution is -0.0248. The van der Waals surface area contributed by atoms with Crippen molar-refractivity contribution in [2.45, 2.75) is 6.10 Å². The van der Waals surface area contributed by atoms with Crippen molar-refractivity contribution in [3.8, 4) is 11.3 Å². The lowest BCUT2D eigenvalue weighted by Crippen LogP contribution is -2.43. The highest BCUT2D eigenvalue weighted by Crippen LogP contribution is 2.26. The number of ether oxygens (including phenoxy) is 1. The Morgan fingerprint density at radius 1 is 1.14 bits per heavy atom. The molecule has 0 unspecified atom stereocenters. The van der Waals surface area contributed by atoms with Crippen LogP contribution in [0.4, 0.5) is 0 Å². The average molecular weight is 388 g/mol. The molecule has 1 saturated heterocycles. The molecule has 1 aliphatic heterocycles. The van der Waals surface area contributed by atoms with E-state index in [1.165, 1.54) is 0 Å². The molecule has 1 aliphatic rings. The predicted octanol–water partition coefficient (Wildman–Crippen LogP) is 2.34. The molecule has 1 atom stereocenters. The van der Waals surface area contributed by atoms with E-state index < -0.39 is 0 Å². The third-order valence-corrected chi connectivity index (χ3v) is 5.21. The molecule has 8 nitrogen and oxygen atoms in total. The lowest BCUT2D eigenvalue weighted by Gasteiger charge is -2.32. The molecule has 5 rings (SSSR count). The topological polar surface area (TPSA) is 77.5 Å². The first kappa shape index (κ1) is 17.6. The van der Waals surface area contributed by atoms with Crippen molar-refractivity contribution in [2.75, 3.05) is 19.7 Å². The minimum Gasteiger partial charge on any atom is -0.368 e. The van der Waals surface area contributed by atoms with Crippen LogP contribution in [0.5, 0.6) is 0 Å². The quantitative estimate of drug-likeness (QED) is 0.538. The van der Waals surface area contributed by atoms with E-state index in [1.807, 2.05) is 36.5 Å². The van der Waals surface area contributed by atoms with Crippen molar-refractivity contribution < 1.29 is 9.53 Å². The minimum atomic E-state index is -0.272. The van der Waals surface area contributed by atoms with Crippen LogP contribution >= 0.6 is 0 Å². The lowest BCUT2D eigenvalue weighted by atomic mass is 10.2. The fourth-order valence-corrected chi connectivity index (χ4v) is 3.70. The molecule has 1 amide bonds. The molecule has 0 radical (unpaired) electrons. The van der Waals surface area contributed by atoms with Gasteiger partial charge in [-0.1, -0.05) is 6.07 Å². The van der Waals surface area contributed by atoms with Crippen molar-refractivity contribution in [3.63, 3.8) is 0 Å². The maximum atomic E-state index is 12.8. The van der Waals surface area contributed by atoms with Gasteiger partial charge in [0.05, 0.1) is 24.5 Å². The Hall–Kier alpha value is -3.52. The number of aromatic nitrogens is 5. The van der Waals surface area contributed by atoms with Crippen molar-refractivity contribution in [1.82, 2.24) is 29.0 Å². The van der Waals surface area contributed by atoms with Crippen LogP contribution in [0.3, 0.4) is 0 Å². The number of imidazole rings is 1. The van der Waals surface area contributed by atoms with Gasteiger partial charge in [-0.3, -0.25) is 18.9 Å². The molecule has 0 aliphatic carbocycles.